The summed E-state index contributed by atoms with van der Waals surface area (Å²) in [6, 6.07) is 11.9. The highest BCUT2D eigenvalue weighted by Gasteiger charge is 2.09. The van der Waals surface area contributed by atoms with Gasteiger partial charge in [-0.05, 0) is 42.8 Å². The fourth-order valence-electron chi connectivity index (χ4n) is 2.33. The Bertz CT molecular complexity index is 833. The van der Waals surface area contributed by atoms with E-state index in [4.69, 9.17) is 5.73 Å². The number of nitrogens with two attached hydrogens (primary N) is 1. The van der Waals surface area contributed by atoms with Crippen molar-refractivity contribution in [2.75, 3.05) is 22.5 Å². The molecule has 26 heavy (non-hydrogen) atoms. The van der Waals surface area contributed by atoms with Gasteiger partial charge in [-0.2, -0.15) is 0 Å². The molecule has 0 spiro atoms. The molecule has 2 aromatic rings. The molecule has 7 nitrogen and oxygen atoms in total. The second-order valence-corrected chi connectivity index (χ2v) is 5.73. The predicted molar refractivity (Wildman–Crippen MR) is 102 cm³/mol. The fraction of sp³-hybridized carbons (Fsp3) is 0.211. The van der Waals surface area contributed by atoms with Crippen molar-refractivity contribution in [3.8, 4) is 0 Å². The minimum absolute atomic E-state index is 0.0345. The third kappa shape index (κ3) is 5.07. The van der Waals surface area contributed by atoms with Crippen molar-refractivity contribution in [3.05, 3.63) is 53.6 Å². The van der Waals surface area contributed by atoms with E-state index in [1.165, 1.54) is 6.07 Å². The highest BCUT2D eigenvalue weighted by Crippen LogP contribution is 2.23. The van der Waals surface area contributed by atoms with Crippen LogP contribution in [0.3, 0.4) is 0 Å². The maximum Gasteiger partial charge on any atom is 0.248 e. The Morgan fingerprint density at radius 3 is 2.35 bits per heavy atom. The van der Waals surface area contributed by atoms with E-state index < -0.39 is 5.91 Å². The summed E-state index contributed by atoms with van der Waals surface area (Å²) in [6.45, 7) is 3.68. The summed E-state index contributed by atoms with van der Waals surface area (Å²) in [6.07, 6.45) is 0.393. The van der Waals surface area contributed by atoms with Gasteiger partial charge in [0.2, 0.25) is 17.7 Å². The lowest BCUT2D eigenvalue weighted by Crippen LogP contribution is -2.22. The Hall–Kier alpha value is -3.35. The van der Waals surface area contributed by atoms with Crippen LogP contribution in [-0.4, -0.2) is 24.3 Å². The highest BCUT2D eigenvalue weighted by molar-refractivity contribution is 5.97. The largest absolute Gasteiger partial charge is 0.376 e. The van der Waals surface area contributed by atoms with Crippen LogP contribution in [0.5, 0.6) is 0 Å². The average Bonchev–Trinajstić information content (AvgIpc) is 2.62. The van der Waals surface area contributed by atoms with Gasteiger partial charge >= 0.3 is 0 Å². The van der Waals surface area contributed by atoms with E-state index in [2.05, 4.69) is 16.0 Å². The van der Waals surface area contributed by atoms with E-state index in [9.17, 15) is 14.4 Å². The number of hydrogen-bond donors (Lipinski definition) is 4. The normalized spacial score (nSPS) is 10.1. The minimum atomic E-state index is -0.555. The number of amides is 3. The highest BCUT2D eigenvalue weighted by atomic mass is 16.2. The molecule has 3 amide bonds. The van der Waals surface area contributed by atoms with Crippen molar-refractivity contribution in [3.63, 3.8) is 0 Å². The predicted octanol–water partition coefficient (Wildman–Crippen LogP) is 2.49. The van der Waals surface area contributed by atoms with Crippen molar-refractivity contribution in [1.82, 2.24) is 0 Å². The molecule has 2 rings (SSSR count). The number of benzene rings is 2. The molecule has 0 aliphatic heterocycles. The summed E-state index contributed by atoms with van der Waals surface area (Å²) < 4.78 is 0. The van der Waals surface area contributed by atoms with Crippen molar-refractivity contribution in [2.24, 2.45) is 5.73 Å². The molecule has 2 aromatic carbocycles. The van der Waals surface area contributed by atoms with Crippen LogP contribution in [0.25, 0.3) is 0 Å². The van der Waals surface area contributed by atoms with Crippen molar-refractivity contribution < 1.29 is 14.4 Å². The molecular weight excluding hydrogens is 332 g/mol. The first kappa shape index (κ1) is 19.0. The molecule has 0 saturated heterocycles. The number of rotatable bonds is 7. The maximum absolute atomic E-state index is 12.1. The van der Waals surface area contributed by atoms with Gasteiger partial charge in [-0.1, -0.05) is 19.1 Å². The van der Waals surface area contributed by atoms with Crippen molar-refractivity contribution in [2.45, 2.75) is 20.3 Å². The number of carbonyl (C=O) groups excluding carboxylic acids is 3. The number of carbonyl (C=O) groups is 3. The monoisotopic (exact) mass is 354 g/mol. The zero-order valence-corrected chi connectivity index (χ0v) is 14.8. The zero-order chi connectivity index (χ0) is 19.1. The smallest absolute Gasteiger partial charge is 0.248 e. The lowest BCUT2D eigenvalue weighted by molar-refractivity contribution is -0.116. The van der Waals surface area contributed by atoms with E-state index in [1.807, 2.05) is 19.1 Å². The Labute approximate surface area is 152 Å². The van der Waals surface area contributed by atoms with Crippen LogP contribution in [0.1, 0.15) is 29.3 Å². The Kier molecular flexibility index (Phi) is 6.32. The van der Waals surface area contributed by atoms with Crippen LogP contribution in [0.2, 0.25) is 0 Å². The molecular formula is C19H22N4O3. The van der Waals surface area contributed by atoms with Gasteiger partial charge < -0.3 is 21.7 Å². The van der Waals surface area contributed by atoms with Gasteiger partial charge in [-0.3, -0.25) is 14.4 Å². The molecule has 0 aromatic heterocycles. The van der Waals surface area contributed by atoms with Gasteiger partial charge in [-0.15, -0.1) is 0 Å². The molecule has 0 aliphatic carbocycles. The number of anilines is 3. The molecule has 5 N–H and O–H groups in total. The standard InChI is InChI=1S/C19H22N4O3/c1-3-17(24)23-16-9-5-8-15(12(16)2)21-11-18(25)22-14-7-4-6-13(10-14)19(20)26/h4-10,21H,3,11H2,1-2H3,(H2,20,26)(H,22,25)(H,23,24). The van der Waals surface area contributed by atoms with Crippen molar-refractivity contribution in [1.29, 1.82) is 0 Å². The molecule has 0 saturated carbocycles. The summed E-state index contributed by atoms with van der Waals surface area (Å²) in [5.41, 5.74) is 8.35. The number of nitrogens with one attached hydrogen (secondary N) is 3. The first-order valence-corrected chi connectivity index (χ1v) is 8.23. The van der Waals surface area contributed by atoms with E-state index >= 15 is 0 Å². The molecule has 0 aliphatic rings. The Morgan fingerprint density at radius 2 is 1.65 bits per heavy atom. The Morgan fingerprint density at radius 1 is 0.962 bits per heavy atom. The lowest BCUT2D eigenvalue weighted by Gasteiger charge is -2.14. The minimum Gasteiger partial charge on any atom is -0.376 e. The molecule has 0 unspecified atom stereocenters. The summed E-state index contributed by atoms with van der Waals surface area (Å²) in [7, 11) is 0. The Balaban J connectivity index is 1.99. The molecule has 0 fully saturated rings. The van der Waals surface area contributed by atoms with Crippen LogP contribution in [-0.2, 0) is 9.59 Å². The van der Waals surface area contributed by atoms with Gasteiger partial charge in [0, 0.05) is 29.0 Å². The second kappa shape index (κ2) is 8.66. The molecule has 7 heteroatoms. The summed E-state index contributed by atoms with van der Waals surface area (Å²) in [5, 5.41) is 8.57. The third-order valence-corrected chi connectivity index (χ3v) is 3.80. The van der Waals surface area contributed by atoms with Crippen LogP contribution >= 0.6 is 0 Å². The lowest BCUT2D eigenvalue weighted by atomic mass is 10.1. The van der Waals surface area contributed by atoms with Gasteiger partial charge in [-0.25, -0.2) is 0 Å². The topological polar surface area (TPSA) is 113 Å². The van der Waals surface area contributed by atoms with E-state index in [0.29, 0.717) is 23.4 Å². The third-order valence-electron chi connectivity index (χ3n) is 3.80. The SMILES string of the molecule is CCC(=O)Nc1cccc(NCC(=O)Nc2cccc(C(N)=O)c2)c1C. The van der Waals surface area contributed by atoms with E-state index in [-0.39, 0.29) is 18.4 Å². The van der Waals surface area contributed by atoms with Crippen LogP contribution in [0.4, 0.5) is 17.1 Å². The average molecular weight is 354 g/mol. The van der Waals surface area contributed by atoms with E-state index in [0.717, 1.165) is 11.3 Å². The summed E-state index contributed by atoms with van der Waals surface area (Å²) >= 11 is 0. The van der Waals surface area contributed by atoms with Gasteiger partial charge in [0.15, 0.2) is 0 Å². The fourth-order valence-corrected chi connectivity index (χ4v) is 2.33. The van der Waals surface area contributed by atoms with Crippen molar-refractivity contribution >= 4 is 34.8 Å². The maximum atomic E-state index is 12.1. The van der Waals surface area contributed by atoms with Crippen LogP contribution < -0.4 is 21.7 Å². The first-order valence-electron chi connectivity index (χ1n) is 8.23. The molecule has 0 atom stereocenters. The summed E-state index contributed by atoms with van der Waals surface area (Å²) in [4.78, 5) is 34.9. The van der Waals surface area contributed by atoms with Crippen LogP contribution in [0, 0.1) is 6.92 Å². The number of hydrogen-bond acceptors (Lipinski definition) is 4. The van der Waals surface area contributed by atoms with E-state index in [1.54, 1.807) is 31.2 Å². The molecule has 0 radical (unpaired) electrons. The molecule has 136 valence electrons. The second-order valence-electron chi connectivity index (χ2n) is 5.73. The summed E-state index contributed by atoms with van der Waals surface area (Å²) in [5.74, 6) is -0.896. The van der Waals surface area contributed by atoms with Crippen LogP contribution in [0.15, 0.2) is 42.5 Å². The van der Waals surface area contributed by atoms with Gasteiger partial charge in [0.1, 0.15) is 0 Å². The molecule has 0 bridgehead atoms. The first-order chi connectivity index (χ1) is 12.4. The van der Waals surface area contributed by atoms with Gasteiger partial charge in [0.05, 0.1) is 6.54 Å². The zero-order valence-electron chi connectivity index (χ0n) is 14.8. The molecule has 0 heterocycles. The van der Waals surface area contributed by atoms with Gasteiger partial charge in [0.25, 0.3) is 0 Å². The quantitative estimate of drug-likeness (QED) is 0.612. The number of primary amides is 1.